The second-order valence-corrected chi connectivity index (χ2v) is 7.34. The van der Waals surface area contributed by atoms with Gasteiger partial charge in [0.2, 0.25) is 9.84 Å². The van der Waals surface area contributed by atoms with Crippen molar-refractivity contribution in [2.45, 2.75) is 23.6 Å². The summed E-state index contributed by atoms with van der Waals surface area (Å²) >= 11 is 11.9. The molecule has 2 rings (SSSR count). The van der Waals surface area contributed by atoms with Crippen LogP contribution in [0.3, 0.4) is 0 Å². The smallest absolute Gasteiger partial charge is 0.208 e. The summed E-state index contributed by atoms with van der Waals surface area (Å²) in [6.45, 7) is 3.18. The first-order valence-corrected chi connectivity index (χ1v) is 8.12. The summed E-state index contributed by atoms with van der Waals surface area (Å²) in [7, 11) is -3.94. The summed E-state index contributed by atoms with van der Waals surface area (Å²) in [5.41, 5.74) is 0.870. The van der Waals surface area contributed by atoms with Gasteiger partial charge in [0.15, 0.2) is 11.5 Å². The van der Waals surface area contributed by atoms with Crippen molar-refractivity contribution in [1.29, 1.82) is 0 Å². The number of phenolic OH excluding ortho intramolecular Hbond substituents is 2. The van der Waals surface area contributed by atoms with E-state index >= 15 is 0 Å². The Morgan fingerprint density at radius 2 is 1.38 bits per heavy atom. The molecule has 0 saturated heterocycles. The standard InChI is InChI=1S/C14H12Cl2O4S/c1-7-4-14(10(16)5-9(7)15)21(19,20)13-6-12(18)11(17)3-8(13)2/h3-6,17-18H,1-2H3. The van der Waals surface area contributed by atoms with E-state index in [4.69, 9.17) is 23.2 Å². The molecule has 0 aliphatic rings. The summed E-state index contributed by atoms with van der Waals surface area (Å²) in [6.07, 6.45) is 0. The highest BCUT2D eigenvalue weighted by Crippen LogP contribution is 2.36. The normalized spacial score (nSPS) is 11.6. The first-order valence-electron chi connectivity index (χ1n) is 5.88. The quantitative estimate of drug-likeness (QED) is 0.809. The van der Waals surface area contributed by atoms with Gasteiger partial charge in [-0.05, 0) is 43.2 Å². The second kappa shape index (κ2) is 5.40. The minimum Gasteiger partial charge on any atom is -0.504 e. The van der Waals surface area contributed by atoms with Crippen LogP contribution in [0, 0.1) is 13.8 Å². The molecule has 21 heavy (non-hydrogen) atoms. The SMILES string of the molecule is Cc1cc(S(=O)(=O)c2cc(O)c(O)cc2C)c(Cl)cc1Cl. The molecule has 0 saturated carbocycles. The van der Waals surface area contributed by atoms with Gasteiger partial charge < -0.3 is 10.2 Å². The third-order valence-corrected chi connectivity index (χ3v) is 5.83. The largest absolute Gasteiger partial charge is 0.504 e. The Balaban J connectivity index is 2.74. The van der Waals surface area contributed by atoms with Crippen molar-refractivity contribution >= 4 is 33.0 Å². The molecule has 0 fully saturated rings. The molecule has 2 N–H and O–H groups in total. The van der Waals surface area contributed by atoms with Crippen molar-refractivity contribution in [3.63, 3.8) is 0 Å². The fourth-order valence-corrected chi connectivity index (χ4v) is 4.23. The number of aromatic hydroxyl groups is 2. The lowest BCUT2D eigenvalue weighted by atomic mass is 10.2. The minimum atomic E-state index is -3.94. The van der Waals surface area contributed by atoms with E-state index in [2.05, 4.69) is 0 Å². The maximum Gasteiger partial charge on any atom is 0.208 e. The summed E-state index contributed by atoms with van der Waals surface area (Å²) in [4.78, 5) is -0.222. The zero-order chi connectivity index (χ0) is 15.9. The number of halogens is 2. The Hall–Kier alpha value is -1.43. The molecule has 0 bridgehead atoms. The average molecular weight is 347 g/mol. The Bertz CT molecular complexity index is 766. The van der Waals surface area contributed by atoms with Gasteiger partial charge in [0, 0.05) is 11.1 Å². The molecule has 0 aromatic heterocycles. The van der Waals surface area contributed by atoms with Crippen molar-refractivity contribution in [3.05, 3.63) is 45.4 Å². The van der Waals surface area contributed by atoms with Gasteiger partial charge >= 0.3 is 0 Å². The number of sulfone groups is 1. The predicted molar refractivity (Wildman–Crippen MR) is 81.2 cm³/mol. The van der Waals surface area contributed by atoms with Gasteiger partial charge in [0.1, 0.15) is 0 Å². The molecular formula is C14H12Cl2O4S. The first kappa shape index (κ1) is 15.9. The van der Waals surface area contributed by atoms with Gasteiger partial charge in [0.25, 0.3) is 0 Å². The number of hydrogen-bond donors (Lipinski definition) is 2. The van der Waals surface area contributed by atoms with E-state index < -0.39 is 15.6 Å². The van der Waals surface area contributed by atoms with Gasteiger partial charge in [-0.1, -0.05) is 23.2 Å². The van der Waals surface area contributed by atoms with Crippen LogP contribution in [0.4, 0.5) is 0 Å². The van der Waals surface area contributed by atoms with Crippen LogP contribution in [-0.4, -0.2) is 18.6 Å². The van der Waals surface area contributed by atoms with Crippen LogP contribution in [0.2, 0.25) is 10.0 Å². The Morgan fingerprint density at radius 1 is 0.810 bits per heavy atom. The van der Waals surface area contributed by atoms with Gasteiger partial charge in [-0.3, -0.25) is 0 Å². The highest BCUT2D eigenvalue weighted by molar-refractivity contribution is 7.91. The fraction of sp³-hybridized carbons (Fsp3) is 0.143. The maximum atomic E-state index is 12.7. The Labute approximate surface area is 132 Å². The van der Waals surface area contributed by atoms with Crippen LogP contribution in [0.15, 0.2) is 34.1 Å². The fourth-order valence-electron chi connectivity index (χ4n) is 1.91. The highest BCUT2D eigenvalue weighted by Gasteiger charge is 2.25. The molecule has 0 heterocycles. The van der Waals surface area contributed by atoms with Crippen molar-refractivity contribution in [2.24, 2.45) is 0 Å². The lowest BCUT2D eigenvalue weighted by Gasteiger charge is -2.12. The Morgan fingerprint density at radius 3 is 2.00 bits per heavy atom. The van der Waals surface area contributed by atoms with E-state index in [0.717, 1.165) is 6.07 Å². The molecule has 112 valence electrons. The van der Waals surface area contributed by atoms with Crippen molar-refractivity contribution in [2.75, 3.05) is 0 Å². The molecule has 0 unspecified atom stereocenters. The minimum absolute atomic E-state index is 0.00225. The molecule has 0 aliphatic carbocycles. The molecule has 2 aromatic carbocycles. The van der Waals surface area contributed by atoms with Gasteiger partial charge in [-0.15, -0.1) is 0 Å². The second-order valence-electron chi connectivity index (χ2n) is 4.64. The lowest BCUT2D eigenvalue weighted by Crippen LogP contribution is -2.05. The van der Waals surface area contributed by atoms with E-state index in [1.807, 2.05) is 0 Å². The number of hydrogen-bond acceptors (Lipinski definition) is 4. The summed E-state index contributed by atoms with van der Waals surface area (Å²) in [5, 5.41) is 19.3. The number of phenols is 2. The predicted octanol–water partition coefficient (Wildman–Crippen LogP) is 3.85. The maximum absolute atomic E-state index is 12.7. The molecule has 7 heteroatoms. The van der Waals surface area contributed by atoms with Crippen LogP contribution in [0.25, 0.3) is 0 Å². The third kappa shape index (κ3) is 2.81. The molecule has 0 amide bonds. The monoisotopic (exact) mass is 346 g/mol. The van der Waals surface area contributed by atoms with Crippen LogP contribution in [0.5, 0.6) is 11.5 Å². The summed E-state index contributed by atoms with van der Waals surface area (Å²) in [5.74, 6) is -0.897. The van der Waals surface area contributed by atoms with Crippen LogP contribution >= 0.6 is 23.2 Å². The van der Waals surface area contributed by atoms with Crippen LogP contribution < -0.4 is 0 Å². The molecular weight excluding hydrogens is 335 g/mol. The molecule has 0 radical (unpaired) electrons. The van der Waals surface area contributed by atoms with E-state index in [-0.39, 0.29) is 20.6 Å². The topological polar surface area (TPSA) is 74.6 Å². The molecule has 4 nitrogen and oxygen atoms in total. The summed E-state index contributed by atoms with van der Waals surface area (Å²) < 4.78 is 25.4. The van der Waals surface area contributed by atoms with Crippen LogP contribution in [0.1, 0.15) is 11.1 Å². The van der Waals surface area contributed by atoms with E-state index in [1.54, 1.807) is 6.92 Å². The lowest BCUT2D eigenvalue weighted by molar-refractivity contribution is 0.401. The van der Waals surface area contributed by atoms with Gasteiger partial charge in [0.05, 0.1) is 14.8 Å². The number of rotatable bonds is 2. The average Bonchev–Trinajstić information content (AvgIpc) is 2.37. The van der Waals surface area contributed by atoms with Crippen LogP contribution in [-0.2, 0) is 9.84 Å². The van der Waals surface area contributed by atoms with Crippen molar-refractivity contribution < 1.29 is 18.6 Å². The van der Waals surface area contributed by atoms with Gasteiger partial charge in [-0.25, -0.2) is 8.42 Å². The molecule has 0 atom stereocenters. The Kier molecular flexibility index (Phi) is 4.10. The first-order chi connectivity index (χ1) is 9.64. The van der Waals surface area contributed by atoms with E-state index in [0.29, 0.717) is 16.1 Å². The van der Waals surface area contributed by atoms with Crippen molar-refractivity contribution in [1.82, 2.24) is 0 Å². The van der Waals surface area contributed by atoms with Crippen molar-refractivity contribution in [3.8, 4) is 11.5 Å². The molecule has 2 aromatic rings. The zero-order valence-corrected chi connectivity index (χ0v) is 13.5. The number of aryl methyl sites for hydroxylation is 2. The summed E-state index contributed by atoms with van der Waals surface area (Å²) in [6, 6.07) is 4.92. The van der Waals surface area contributed by atoms with E-state index in [9.17, 15) is 18.6 Å². The zero-order valence-electron chi connectivity index (χ0n) is 11.2. The van der Waals surface area contributed by atoms with Gasteiger partial charge in [-0.2, -0.15) is 0 Å². The molecule has 0 spiro atoms. The highest BCUT2D eigenvalue weighted by atomic mass is 35.5. The third-order valence-electron chi connectivity index (χ3n) is 3.06. The molecule has 0 aliphatic heterocycles. The number of benzene rings is 2. The van der Waals surface area contributed by atoms with E-state index in [1.165, 1.54) is 25.1 Å².